The molecule has 1 fully saturated rings. The number of fused-ring (bicyclic) bond motifs is 1. The van der Waals surface area contributed by atoms with Gasteiger partial charge in [0, 0.05) is 37.1 Å². The molecule has 0 amide bonds. The third kappa shape index (κ3) is 2.33. The van der Waals surface area contributed by atoms with Crippen LogP contribution in [0.2, 0.25) is 0 Å². The molecule has 3 heteroatoms. The highest BCUT2D eigenvalue weighted by molar-refractivity contribution is 5.72. The Kier molecular flexibility index (Phi) is 3.17. The first-order chi connectivity index (χ1) is 10.4. The van der Waals surface area contributed by atoms with Gasteiger partial charge in [0.2, 0.25) is 5.79 Å². The molecule has 0 bridgehead atoms. The first kappa shape index (κ1) is 12.9. The second-order valence-corrected chi connectivity index (χ2v) is 5.71. The fourth-order valence-corrected chi connectivity index (χ4v) is 3.14. The Morgan fingerprint density at radius 3 is 2.52 bits per heavy atom. The van der Waals surface area contributed by atoms with Gasteiger partial charge in [0.25, 0.3) is 0 Å². The van der Waals surface area contributed by atoms with Gasteiger partial charge in [-0.3, -0.25) is 0 Å². The zero-order chi connectivity index (χ0) is 14.1. The van der Waals surface area contributed by atoms with Crippen molar-refractivity contribution in [3.8, 4) is 16.9 Å². The highest BCUT2D eigenvalue weighted by atomic mass is 16.7. The topological polar surface area (TPSA) is 30.5 Å². The van der Waals surface area contributed by atoms with E-state index in [0.717, 1.165) is 42.8 Å². The summed E-state index contributed by atoms with van der Waals surface area (Å²) in [5.41, 5.74) is 3.50. The van der Waals surface area contributed by atoms with Crippen LogP contribution < -0.4 is 10.1 Å². The Balaban J connectivity index is 1.76. The lowest BCUT2D eigenvalue weighted by Gasteiger charge is -2.41. The Morgan fingerprint density at radius 1 is 0.905 bits per heavy atom. The maximum atomic E-state index is 6.38. The van der Waals surface area contributed by atoms with Crippen molar-refractivity contribution < 1.29 is 9.47 Å². The molecule has 4 rings (SSSR count). The first-order valence-electron chi connectivity index (χ1n) is 7.57. The molecule has 0 unspecified atom stereocenters. The summed E-state index contributed by atoms with van der Waals surface area (Å²) in [7, 11) is 0. The fraction of sp³-hybridized carbons (Fsp3) is 0.333. The minimum atomic E-state index is -0.441. The number of hydrogen-bond donors (Lipinski definition) is 1. The Morgan fingerprint density at radius 2 is 1.71 bits per heavy atom. The molecule has 2 aliphatic rings. The number of benzene rings is 2. The average Bonchev–Trinajstić information content (AvgIpc) is 2.56. The van der Waals surface area contributed by atoms with Gasteiger partial charge in [-0.25, -0.2) is 0 Å². The molecule has 0 atom stereocenters. The summed E-state index contributed by atoms with van der Waals surface area (Å²) in [6.07, 6.45) is 1.80. The normalized spacial score (nSPS) is 19.8. The van der Waals surface area contributed by atoms with Crippen molar-refractivity contribution in [1.29, 1.82) is 0 Å². The van der Waals surface area contributed by atoms with Gasteiger partial charge in [0.15, 0.2) is 0 Å². The van der Waals surface area contributed by atoms with E-state index in [1.807, 2.05) is 6.07 Å². The van der Waals surface area contributed by atoms with Crippen LogP contribution in [0.4, 0.5) is 0 Å². The number of piperidine rings is 1. The van der Waals surface area contributed by atoms with Gasteiger partial charge in [0.1, 0.15) is 5.75 Å². The summed E-state index contributed by atoms with van der Waals surface area (Å²) in [6.45, 7) is 2.53. The van der Waals surface area contributed by atoms with Crippen LogP contribution in [-0.2, 0) is 11.3 Å². The summed E-state index contributed by atoms with van der Waals surface area (Å²) < 4.78 is 12.4. The number of hydrogen-bond acceptors (Lipinski definition) is 3. The van der Waals surface area contributed by atoms with E-state index in [4.69, 9.17) is 9.47 Å². The molecule has 2 heterocycles. The molecule has 0 saturated carbocycles. The van der Waals surface area contributed by atoms with Crippen molar-refractivity contribution in [2.45, 2.75) is 25.2 Å². The summed E-state index contributed by atoms with van der Waals surface area (Å²) in [5.74, 6) is 0.556. The van der Waals surface area contributed by atoms with Crippen LogP contribution in [0.25, 0.3) is 11.1 Å². The second-order valence-electron chi connectivity index (χ2n) is 5.71. The minimum Gasteiger partial charge on any atom is -0.461 e. The molecule has 2 aromatic rings. The first-order valence-corrected chi connectivity index (χ1v) is 7.57. The van der Waals surface area contributed by atoms with Gasteiger partial charge >= 0.3 is 0 Å². The average molecular weight is 281 g/mol. The predicted molar refractivity (Wildman–Crippen MR) is 82.1 cm³/mol. The standard InChI is InChI=1S/C18H19NO2/c1-2-5-14(6-3-1)16-8-4-7-15-13-20-18(21-17(15)16)9-11-19-12-10-18/h1-8,19H,9-13H2. The van der Waals surface area contributed by atoms with Crippen LogP contribution in [0.1, 0.15) is 18.4 Å². The molecule has 1 saturated heterocycles. The lowest BCUT2D eigenvalue weighted by atomic mass is 9.98. The van der Waals surface area contributed by atoms with Crippen LogP contribution in [-0.4, -0.2) is 18.9 Å². The highest BCUT2D eigenvalue weighted by Crippen LogP contribution is 2.42. The van der Waals surface area contributed by atoms with Crippen molar-refractivity contribution >= 4 is 0 Å². The maximum Gasteiger partial charge on any atom is 0.213 e. The second kappa shape index (κ2) is 5.17. The molecular weight excluding hydrogens is 262 g/mol. The number of rotatable bonds is 1. The highest BCUT2D eigenvalue weighted by Gasteiger charge is 2.39. The van der Waals surface area contributed by atoms with E-state index in [2.05, 4.69) is 47.8 Å². The summed E-state index contributed by atoms with van der Waals surface area (Å²) in [5, 5.41) is 3.37. The molecule has 0 radical (unpaired) electrons. The van der Waals surface area contributed by atoms with Gasteiger partial charge < -0.3 is 14.8 Å². The van der Waals surface area contributed by atoms with Crippen molar-refractivity contribution in [3.63, 3.8) is 0 Å². The Bertz CT molecular complexity index is 633. The number of para-hydroxylation sites is 1. The molecule has 108 valence electrons. The molecule has 3 nitrogen and oxygen atoms in total. The third-order valence-corrected chi connectivity index (χ3v) is 4.33. The molecule has 21 heavy (non-hydrogen) atoms. The molecular formula is C18H19NO2. The van der Waals surface area contributed by atoms with Gasteiger partial charge in [-0.05, 0) is 5.56 Å². The van der Waals surface area contributed by atoms with Crippen molar-refractivity contribution in [2.24, 2.45) is 0 Å². The van der Waals surface area contributed by atoms with E-state index < -0.39 is 5.79 Å². The zero-order valence-electron chi connectivity index (χ0n) is 12.0. The van der Waals surface area contributed by atoms with Crippen molar-refractivity contribution in [2.75, 3.05) is 13.1 Å². The number of ether oxygens (including phenoxy) is 2. The van der Waals surface area contributed by atoms with E-state index in [0.29, 0.717) is 6.61 Å². The summed E-state index contributed by atoms with van der Waals surface area (Å²) >= 11 is 0. The monoisotopic (exact) mass is 281 g/mol. The fourth-order valence-electron chi connectivity index (χ4n) is 3.14. The van der Waals surface area contributed by atoms with Crippen LogP contribution in [0.15, 0.2) is 48.5 Å². The van der Waals surface area contributed by atoms with Crippen molar-refractivity contribution in [1.82, 2.24) is 5.32 Å². The van der Waals surface area contributed by atoms with E-state index in [9.17, 15) is 0 Å². The lowest BCUT2D eigenvalue weighted by molar-refractivity contribution is -0.218. The molecule has 1 spiro atoms. The molecule has 0 aliphatic carbocycles. The third-order valence-electron chi connectivity index (χ3n) is 4.33. The van der Waals surface area contributed by atoms with Crippen LogP contribution in [0.5, 0.6) is 5.75 Å². The van der Waals surface area contributed by atoms with Crippen LogP contribution >= 0.6 is 0 Å². The van der Waals surface area contributed by atoms with Crippen LogP contribution in [0, 0.1) is 0 Å². The van der Waals surface area contributed by atoms with E-state index in [-0.39, 0.29) is 0 Å². The van der Waals surface area contributed by atoms with E-state index in [1.54, 1.807) is 0 Å². The largest absolute Gasteiger partial charge is 0.461 e. The summed E-state index contributed by atoms with van der Waals surface area (Å²) in [4.78, 5) is 0. The zero-order valence-corrected chi connectivity index (χ0v) is 12.0. The lowest BCUT2D eigenvalue weighted by Crippen LogP contribution is -2.50. The Labute approximate surface area is 124 Å². The summed E-state index contributed by atoms with van der Waals surface area (Å²) in [6, 6.07) is 16.7. The Hall–Kier alpha value is -1.84. The SMILES string of the molecule is c1ccc(-c2cccc3c2OC2(CCNCC2)OC3)cc1. The molecule has 0 aromatic heterocycles. The molecule has 1 N–H and O–H groups in total. The van der Waals surface area contributed by atoms with Gasteiger partial charge in [-0.15, -0.1) is 0 Å². The van der Waals surface area contributed by atoms with E-state index >= 15 is 0 Å². The van der Waals surface area contributed by atoms with Gasteiger partial charge in [-0.1, -0.05) is 48.5 Å². The van der Waals surface area contributed by atoms with Crippen molar-refractivity contribution in [3.05, 3.63) is 54.1 Å². The predicted octanol–water partition coefficient (Wildman–Crippen LogP) is 3.34. The van der Waals surface area contributed by atoms with Crippen LogP contribution in [0.3, 0.4) is 0 Å². The smallest absolute Gasteiger partial charge is 0.213 e. The number of nitrogens with one attached hydrogen (secondary N) is 1. The van der Waals surface area contributed by atoms with E-state index in [1.165, 1.54) is 5.56 Å². The maximum absolute atomic E-state index is 6.38. The van der Waals surface area contributed by atoms with Gasteiger partial charge in [-0.2, -0.15) is 0 Å². The quantitative estimate of drug-likeness (QED) is 0.869. The molecule has 2 aliphatic heterocycles. The van der Waals surface area contributed by atoms with Gasteiger partial charge in [0.05, 0.1) is 6.61 Å². The molecule has 2 aromatic carbocycles. The minimum absolute atomic E-state index is 0.441.